The molecule has 1 fully saturated rings. The second kappa shape index (κ2) is 10.0. The molecule has 1 saturated heterocycles. The number of anilines is 2. The zero-order chi connectivity index (χ0) is 23.5. The lowest BCUT2D eigenvalue weighted by molar-refractivity contribution is 0.204. The van der Waals surface area contributed by atoms with Crippen molar-refractivity contribution in [1.29, 1.82) is 0 Å². The standard InChI is InChI=1S/C26H28FN5OS/c1-17-29-23(16-34-17)22-15-20-7-11-28-26(33)24(20)25(31-22)30-21-5-3-18(4-6-21)19-8-13-32(14-9-19)12-2-10-27/h3-7,11,15-16,19H,2,8-10,12-14H2,1H3,(H,28,33)(H,30,31). The molecule has 2 N–H and O–H groups in total. The van der Waals surface area contributed by atoms with Crippen LogP contribution in [0.1, 0.15) is 35.8 Å². The molecule has 0 saturated carbocycles. The summed E-state index contributed by atoms with van der Waals surface area (Å²) in [5.41, 5.74) is 3.57. The van der Waals surface area contributed by atoms with E-state index in [-0.39, 0.29) is 12.2 Å². The molecule has 0 bridgehead atoms. The molecular formula is C26H28FN5OS. The maximum absolute atomic E-state index is 12.6. The van der Waals surface area contributed by atoms with E-state index < -0.39 is 0 Å². The molecule has 176 valence electrons. The number of H-pyrrole nitrogens is 1. The van der Waals surface area contributed by atoms with Crippen molar-refractivity contribution in [2.24, 2.45) is 0 Å². The second-order valence-corrected chi connectivity index (χ2v) is 9.85. The van der Waals surface area contributed by atoms with Gasteiger partial charge in [-0.25, -0.2) is 9.97 Å². The Balaban J connectivity index is 1.37. The van der Waals surface area contributed by atoms with E-state index in [4.69, 9.17) is 4.98 Å². The SMILES string of the molecule is Cc1nc(-c2cc3cc[nH]c(=O)c3c(Nc3ccc(C4CCN(CCCF)CC4)cc3)n2)cs1. The molecule has 0 amide bonds. The van der Waals surface area contributed by atoms with Gasteiger partial charge in [0.05, 0.1) is 28.5 Å². The Kier molecular flexibility index (Phi) is 6.69. The van der Waals surface area contributed by atoms with Crippen LogP contribution in [0.25, 0.3) is 22.2 Å². The third kappa shape index (κ3) is 4.88. The molecule has 3 aromatic heterocycles. The number of aryl methyl sites for hydroxylation is 1. The normalized spacial score (nSPS) is 15.1. The van der Waals surface area contributed by atoms with Crippen molar-refractivity contribution in [2.45, 2.75) is 32.1 Å². The fourth-order valence-corrected chi connectivity index (χ4v) is 5.27. The fraction of sp³-hybridized carbons (Fsp3) is 0.346. The van der Waals surface area contributed by atoms with Crippen LogP contribution in [0.4, 0.5) is 15.9 Å². The van der Waals surface area contributed by atoms with Gasteiger partial charge in [0.2, 0.25) is 0 Å². The summed E-state index contributed by atoms with van der Waals surface area (Å²) < 4.78 is 12.4. The number of hydrogen-bond donors (Lipinski definition) is 2. The molecule has 34 heavy (non-hydrogen) atoms. The van der Waals surface area contributed by atoms with Gasteiger partial charge in [-0.2, -0.15) is 0 Å². The topological polar surface area (TPSA) is 73.9 Å². The Hall–Kier alpha value is -3.10. The number of benzene rings is 1. The molecule has 4 aromatic rings. The summed E-state index contributed by atoms with van der Waals surface area (Å²) in [4.78, 5) is 27.1. The number of halogens is 1. The van der Waals surface area contributed by atoms with E-state index in [0.717, 1.165) is 59.9 Å². The third-order valence-electron chi connectivity index (χ3n) is 6.48. The number of hydrogen-bond acceptors (Lipinski definition) is 6. The van der Waals surface area contributed by atoms with Crippen LogP contribution in [0.2, 0.25) is 0 Å². The molecule has 6 nitrogen and oxygen atoms in total. The first kappa shape index (κ1) is 22.7. The number of aromatic amines is 1. The lowest BCUT2D eigenvalue weighted by atomic mass is 9.89. The van der Waals surface area contributed by atoms with E-state index in [0.29, 0.717) is 23.5 Å². The van der Waals surface area contributed by atoms with Crippen LogP contribution in [0.15, 0.2) is 52.8 Å². The van der Waals surface area contributed by atoms with Gasteiger partial charge in [-0.3, -0.25) is 9.18 Å². The van der Waals surface area contributed by atoms with E-state index >= 15 is 0 Å². The first-order valence-electron chi connectivity index (χ1n) is 11.7. The van der Waals surface area contributed by atoms with Crippen LogP contribution in [-0.4, -0.2) is 46.2 Å². The summed E-state index contributed by atoms with van der Waals surface area (Å²) in [5, 5.41) is 7.67. The highest BCUT2D eigenvalue weighted by Crippen LogP contribution is 2.31. The first-order chi connectivity index (χ1) is 16.6. The molecule has 0 atom stereocenters. The summed E-state index contributed by atoms with van der Waals surface area (Å²) in [6.45, 7) is 4.62. The van der Waals surface area contributed by atoms with Crippen LogP contribution < -0.4 is 10.9 Å². The molecule has 0 spiro atoms. The molecule has 0 unspecified atom stereocenters. The number of nitrogens with zero attached hydrogens (tertiary/aromatic N) is 3. The van der Waals surface area contributed by atoms with Gasteiger partial charge in [0, 0.05) is 23.8 Å². The molecule has 5 rings (SSSR count). The van der Waals surface area contributed by atoms with Gasteiger partial charge in [0.1, 0.15) is 5.82 Å². The minimum Gasteiger partial charge on any atom is -0.340 e. The third-order valence-corrected chi connectivity index (χ3v) is 7.25. The Morgan fingerprint density at radius 3 is 2.65 bits per heavy atom. The highest BCUT2D eigenvalue weighted by molar-refractivity contribution is 7.09. The molecule has 0 radical (unpaired) electrons. The van der Waals surface area contributed by atoms with E-state index in [9.17, 15) is 9.18 Å². The van der Waals surface area contributed by atoms with Gasteiger partial charge in [-0.1, -0.05) is 12.1 Å². The smallest absolute Gasteiger partial charge is 0.259 e. The molecule has 1 aliphatic heterocycles. The Morgan fingerprint density at radius 1 is 1.15 bits per heavy atom. The number of aromatic nitrogens is 3. The van der Waals surface area contributed by atoms with Gasteiger partial charge >= 0.3 is 0 Å². The zero-order valence-electron chi connectivity index (χ0n) is 19.2. The lowest BCUT2D eigenvalue weighted by Crippen LogP contribution is -2.33. The molecule has 0 aliphatic carbocycles. The minimum absolute atomic E-state index is 0.176. The van der Waals surface area contributed by atoms with Gasteiger partial charge in [0.25, 0.3) is 5.56 Å². The molecule has 4 heterocycles. The average Bonchev–Trinajstić information content (AvgIpc) is 3.30. The predicted molar refractivity (Wildman–Crippen MR) is 137 cm³/mol. The molecule has 1 aliphatic rings. The van der Waals surface area contributed by atoms with Crippen LogP contribution in [0.5, 0.6) is 0 Å². The van der Waals surface area contributed by atoms with Crippen molar-refractivity contribution in [3.63, 3.8) is 0 Å². The summed E-state index contributed by atoms with van der Waals surface area (Å²) in [7, 11) is 0. The Bertz CT molecular complexity index is 1330. The summed E-state index contributed by atoms with van der Waals surface area (Å²) >= 11 is 1.58. The van der Waals surface area contributed by atoms with E-state index in [1.54, 1.807) is 17.5 Å². The van der Waals surface area contributed by atoms with Gasteiger partial charge < -0.3 is 15.2 Å². The summed E-state index contributed by atoms with van der Waals surface area (Å²) in [5.74, 6) is 1.04. The van der Waals surface area contributed by atoms with Gasteiger partial charge in [-0.15, -0.1) is 11.3 Å². The quantitative estimate of drug-likeness (QED) is 0.360. The Labute approximate surface area is 201 Å². The lowest BCUT2D eigenvalue weighted by Gasteiger charge is -2.32. The number of likely N-dealkylation sites (tertiary alicyclic amines) is 1. The largest absolute Gasteiger partial charge is 0.340 e. The van der Waals surface area contributed by atoms with E-state index in [2.05, 4.69) is 44.5 Å². The van der Waals surface area contributed by atoms with Crippen LogP contribution >= 0.6 is 11.3 Å². The summed E-state index contributed by atoms with van der Waals surface area (Å²) in [6.07, 6.45) is 4.47. The number of piperidine rings is 1. The van der Waals surface area contributed by atoms with Crippen molar-refractivity contribution < 1.29 is 4.39 Å². The van der Waals surface area contributed by atoms with Gasteiger partial charge in [-0.05, 0) is 80.4 Å². The fourth-order valence-electron chi connectivity index (χ4n) is 4.67. The monoisotopic (exact) mass is 477 g/mol. The highest BCUT2D eigenvalue weighted by Gasteiger charge is 2.20. The van der Waals surface area contributed by atoms with Crippen LogP contribution in [-0.2, 0) is 0 Å². The highest BCUT2D eigenvalue weighted by atomic mass is 32.1. The van der Waals surface area contributed by atoms with E-state index in [1.807, 2.05) is 24.4 Å². The average molecular weight is 478 g/mol. The number of nitrogens with one attached hydrogen (secondary N) is 2. The van der Waals surface area contributed by atoms with E-state index in [1.165, 1.54) is 5.56 Å². The predicted octanol–water partition coefficient (Wildman–Crippen LogP) is 5.64. The van der Waals surface area contributed by atoms with Crippen molar-refractivity contribution in [1.82, 2.24) is 19.9 Å². The maximum atomic E-state index is 12.6. The van der Waals surface area contributed by atoms with Crippen molar-refractivity contribution in [3.05, 3.63) is 68.9 Å². The van der Waals surface area contributed by atoms with Crippen molar-refractivity contribution in [3.8, 4) is 11.4 Å². The number of alkyl halides is 1. The first-order valence-corrected chi connectivity index (χ1v) is 12.6. The number of rotatable bonds is 7. The molecule has 1 aromatic carbocycles. The summed E-state index contributed by atoms with van der Waals surface area (Å²) in [6, 6.07) is 12.2. The minimum atomic E-state index is -0.239. The van der Waals surface area contributed by atoms with Gasteiger partial charge in [0.15, 0.2) is 0 Å². The van der Waals surface area contributed by atoms with Crippen LogP contribution in [0.3, 0.4) is 0 Å². The Morgan fingerprint density at radius 2 is 1.94 bits per heavy atom. The van der Waals surface area contributed by atoms with Crippen molar-refractivity contribution in [2.75, 3.05) is 31.6 Å². The number of fused-ring (bicyclic) bond motifs is 1. The van der Waals surface area contributed by atoms with Crippen molar-refractivity contribution >= 4 is 33.6 Å². The number of thiazole rings is 1. The number of pyridine rings is 2. The maximum Gasteiger partial charge on any atom is 0.259 e. The van der Waals surface area contributed by atoms with Crippen LogP contribution in [0, 0.1) is 6.92 Å². The zero-order valence-corrected chi connectivity index (χ0v) is 20.0. The molecule has 8 heteroatoms. The molecular weight excluding hydrogens is 449 g/mol. The second-order valence-electron chi connectivity index (χ2n) is 8.78.